The van der Waals surface area contributed by atoms with Crippen LogP contribution in [0.1, 0.15) is 12.8 Å². The Kier molecular flexibility index (Phi) is 3.98. The van der Waals surface area contributed by atoms with Gasteiger partial charge < -0.3 is 15.0 Å². The van der Waals surface area contributed by atoms with Gasteiger partial charge in [-0.15, -0.1) is 0 Å². The maximum absolute atomic E-state index is 11.9. The van der Waals surface area contributed by atoms with Crippen molar-refractivity contribution < 1.29 is 9.53 Å². The van der Waals surface area contributed by atoms with Gasteiger partial charge in [0.15, 0.2) is 0 Å². The summed E-state index contributed by atoms with van der Waals surface area (Å²) in [5.41, 5.74) is 0.816. The first-order chi connectivity index (χ1) is 8.25. The van der Waals surface area contributed by atoms with E-state index in [9.17, 15) is 4.79 Å². The third-order valence-electron chi connectivity index (χ3n) is 2.87. The normalized spacial score (nSPS) is 19.0. The lowest BCUT2D eigenvalue weighted by atomic mass is 10.2. The molecule has 4 nitrogen and oxygen atoms in total. The summed E-state index contributed by atoms with van der Waals surface area (Å²) in [6.45, 7) is 1.47. The van der Waals surface area contributed by atoms with Crippen molar-refractivity contribution in [1.29, 1.82) is 0 Å². The van der Waals surface area contributed by atoms with Crippen LogP contribution in [0.5, 0.6) is 0 Å². The van der Waals surface area contributed by atoms with E-state index in [1.165, 1.54) is 0 Å². The molecule has 0 aliphatic carbocycles. The van der Waals surface area contributed by atoms with E-state index in [2.05, 4.69) is 5.32 Å². The number of rotatable bonds is 3. The molecule has 17 heavy (non-hydrogen) atoms. The van der Waals surface area contributed by atoms with Crippen LogP contribution in [0.15, 0.2) is 30.3 Å². The number of hydrogen-bond acceptors (Lipinski definition) is 2. The number of benzene rings is 1. The van der Waals surface area contributed by atoms with Crippen molar-refractivity contribution in [2.24, 2.45) is 0 Å². The third kappa shape index (κ3) is 3.46. The number of urea groups is 1. The van der Waals surface area contributed by atoms with Gasteiger partial charge in [-0.2, -0.15) is 0 Å². The Morgan fingerprint density at radius 1 is 1.47 bits per heavy atom. The minimum Gasteiger partial charge on any atom is -0.376 e. The SMILES string of the molecule is CN(CC1CCCO1)C(=O)Nc1ccccc1. The Hall–Kier alpha value is -1.55. The first-order valence-corrected chi connectivity index (χ1v) is 5.94. The van der Waals surface area contributed by atoms with Crippen LogP contribution in [0.3, 0.4) is 0 Å². The van der Waals surface area contributed by atoms with Crippen molar-refractivity contribution in [3.05, 3.63) is 30.3 Å². The van der Waals surface area contributed by atoms with Gasteiger partial charge in [0.1, 0.15) is 0 Å². The van der Waals surface area contributed by atoms with Gasteiger partial charge in [-0.1, -0.05) is 18.2 Å². The van der Waals surface area contributed by atoms with Crippen LogP contribution in [0, 0.1) is 0 Å². The van der Waals surface area contributed by atoms with Gasteiger partial charge in [0.2, 0.25) is 0 Å². The van der Waals surface area contributed by atoms with Crippen LogP contribution in [0.4, 0.5) is 10.5 Å². The molecule has 1 heterocycles. The molecule has 1 N–H and O–H groups in total. The molecule has 1 atom stereocenters. The lowest BCUT2D eigenvalue weighted by Crippen LogP contribution is -2.37. The zero-order valence-corrected chi connectivity index (χ0v) is 10.1. The largest absolute Gasteiger partial charge is 0.376 e. The fourth-order valence-electron chi connectivity index (χ4n) is 1.92. The van der Waals surface area contributed by atoms with Gasteiger partial charge in [0, 0.05) is 25.9 Å². The van der Waals surface area contributed by atoms with Gasteiger partial charge in [-0.25, -0.2) is 4.79 Å². The van der Waals surface area contributed by atoms with Crippen molar-refractivity contribution in [3.8, 4) is 0 Å². The minimum atomic E-state index is -0.0910. The van der Waals surface area contributed by atoms with Crippen molar-refractivity contribution in [1.82, 2.24) is 4.90 Å². The lowest BCUT2D eigenvalue weighted by Gasteiger charge is -2.21. The van der Waals surface area contributed by atoms with E-state index in [4.69, 9.17) is 4.74 Å². The molecule has 2 amide bonds. The van der Waals surface area contributed by atoms with Gasteiger partial charge in [0.25, 0.3) is 0 Å². The summed E-state index contributed by atoms with van der Waals surface area (Å²) >= 11 is 0. The number of carbonyl (C=O) groups is 1. The molecule has 1 fully saturated rings. The second-order valence-electron chi connectivity index (χ2n) is 4.31. The van der Waals surface area contributed by atoms with Gasteiger partial charge >= 0.3 is 6.03 Å². The molecule has 1 aromatic rings. The Bertz CT molecular complexity index is 361. The maximum atomic E-state index is 11.9. The molecule has 2 rings (SSSR count). The second-order valence-corrected chi connectivity index (χ2v) is 4.31. The Labute approximate surface area is 102 Å². The van der Waals surface area contributed by atoms with E-state index in [0.717, 1.165) is 25.1 Å². The highest BCUT2D eigenvalue weighted by Crippen LogP contribution is 2.13. The van der Waals surface area contributed by atoms with E-state index < -0.39 is 0 Å². The van der Waals surface area contributed by atoms with Crippen LogP contribution in [0.25, 0.3) is 0 Å². The number of carbonyl (C=O) groups excluding carboxylic acids is 1. The first kappa shape index (κ1) is 11.9. The lowest BCUT2D eigenvalue weighted by molar-refractivity contribution is 0.0894. The molecule has 1 saturated heterocycles. The van der Waals surface area contributed by atoms with Crippen molar-refractivity contribution >= 4 is 11.7 Å². The summed E-state index contributed by atoms with van der Waals surface area (Å²) in [6, 6.07) is 9.37. The number of para-hydroxylation sites is 1. The summed E-state index contributed by atoms with van der Waals surface area (Å²) in [5.74, 6) is 0. The number of amides is 2. The van der Waals surface area contributed by atoms with Crippen molar-refractivity contribution in [2.45, 2.75) is 18.9 Å². The van der Waals surface area contributed by atoms with Crippen LogP contribution < -0.4 is 5.32 Å². The summed E-state index contributed by atoms with van der Waals surface area (Å²) < 4.78 is 5.50. The highest BCUT2D eigenvalue weighted by molar-refractivity contribution is 5.89. The molecule has 1 aliphatic rings. The molecular weight excluding hydrogens is 216 g/mol. The van der Waals surface area contributed by atoms with Gasteiger partial charge in [0.05, 0.1) is 6.10 Å². The molecule has 1 aromatic carbocycles. The molecule has 1 unspecified atom stereocenters. The van der Waals surface area contributed by atoms with Gasteiger partial charge in [-0.3, -0.25) is 0 Å². The van der Waals surface area contributed by atoms with Gasteiger partial charge in [-0.05, 0) is 25.0 Å². The van der Waals surface area contributed by atoms with Crippen LogP contribution in [0.2, 0.25) is 0 Å². The van der Waals surface area contributed by atoms with Crippen LogP contribution >= 0.6 is 0 Å². The molecule has 92 valence electrons. The summed E-state index contributed by atoms with van der Waals surface area (Å²) in [6.07, 6.45) is 2.34. The fourth-order valence-corrected chi connectivity index (χ4v) is 1.92. The van der Waals surface area contributed by atoms with E-state index in [1.807, 2.05) is 30.3 Å². The molecule has 0 spiro atoms. The number of nitrogens with zero attached hydrogens (tertiary/aromatic N) is 1. The Morgan fingerprint density at radius 2 is 2.24 bits per heavy atom. The third-order valence-corrected chi connectivity index (χ3v) is 2.87. The Morgan fingerprint density at radius 3 is 2.88 bits per heavy atom. The zero-order valence-electron chi connectivity index (χ0n) is 10.1. The standard InChI is InChI=1S/C13H18N2O2/c1-15(10-12-8-5-9-17-12)13(16)14-11-6-3-2-4-7-11/h2-4,6-7,12H,5,8-10H2,1H3,(H,14,16). The highest BCUT2D eigenvalue weighted by Gasteiger charge is 2.19. The summed E-state index contributed by atoms with van der Waals surface area (Å²) in [4.78, 5) is 13.5. The molecule has 4 heteroatoms. The number of nitrogens with one attached hydrogen (secondary N) is 1. The summed E-state index contributed by atoms with van der Waals surface area (Å²) in [5, 5.41) is 2.85. The fraction of sp³-hybridized carbons (Fsp3) is 0.462. The molecule has 0 aromatic heterocycles. The smallest absolute Gasteiger partial charge is 0.321 e. The van der Waals surface area contributed by atoms with E-state index >= 15 is 0 Å². The highest BCUT2D eigenvalue weighted by atomic mass is 16.5. The number of hydrogen-bond donors (Lipinski definition) is 1. The molecule has 1 aliphatic heterocycles. The number of anilines is 1. The average molecular weight is 234 g/mol. The van der Waals surface area contributed by atoms with Crippen molar-refractivity contribution in [3.63, 3.8) is 0 Å². The van der Waals surface area contributed by atoms with E-state index in [1.54, 1.807) is 11.9 Å². The molecule has 0 bridgehead atoms. The molecule has 0 saturated carbocycles. The van der Waals surface area contributed by atoms with Crippen LogP contribution in [-0.2, 0) is 4.74 Å². The Balaban J connectivity index is 1.82. The van der Waals surface area contributed by atoms with Crippen molar-refractivity contribution in [2.75, 3.05) is 25.5 Å². The predicted molar refractivity (Wildman–Crippen MR) is 67.1 cm³/mol. The maximum Gasteiger partial charge on any atom is 0.321 e. The minimum absolute atomic E-state index is 0.0910. The predicted octanol–water partition coefficient (Wildman–Crippen LogP) is 2.33. The van der Waals surface area contributed by atoms with E-state index in [0.29, 0.717) is 6.54 Å². The topological polar surface area (TPSA) is 41.6 Å². The quantitative estimate of drug-likeness (QED) is 0.872. The zero-order chi connectivity index (χ0) is 12.1. The van der Waals surface area contributed by atoms with Crippen LogP contribution in [-0.4, -0.2) is 37.2 Å². The average Bonchev–Trinajstić information content (AvgIpc) is 2.83. The van der Waals surface area contributed by atoms with E-state index in [-0.39, 0.29) is 12.1 Å². The molecule has 0 radical (unpaired) electrons. The molecular formula is C13H18N2O2. The summed E-state index contributed by atoms with van der Waals surface area (Å²) in [7, 11) is 1.79. The first-order valence-electron chi connectivity index (χ1n) is 5.94. The second kappa shape index (κ2) is 5.68. The number of ether oxygens (including phenoxy) is 1. The monoisotopic (exact) mass is 234 g/mol. The number of likely N-dealkylation sites (N-methyl/N-ethyl adjacent to an activating group) is 1.